The normalized spacial score (nSPS) is 11.5. The Bertz CT molecular complexity index is 1320. The number of fused-ring (bicyclic) bond motifs is 2. The Hall–Kier alpha value is -2.97. The second-order valence-electron chi connectivity index (χ2n) is 7.80. The van der Waals surface area contributed by atoms with E-state index in [2.05, 4.69) is 39.2 Å². The molecule has 0 fully saturated rings. The quantitative estimate of drug-likeness (QED) is 0.211. The lowest BCUT2D eigenvalue weighted by atomic mass is 10.2. The molecule has 4 aromatic rings. The second kappa shape index (κ2) is 9.67. The van der Waals surface area contributed by atoms with E-state index in [1.807, 2.05) is 6.07 Å². The van der Waals surface area contributed by atoms with Crippen molar-refractivity contribution in [2.45, 2.75) is 39.3 Å². The Morgan fingerprint density at radius 3 is 2.59 bits per heavy atom. The Kier molecular flexibility index (Phi) is 6.72. The Morgan fingerprint density at radius 2 is 1.84 bits per heavy atom. The molecule has 0 spiro atoms. The predicted molar refractivity (Wildman–Crippen MR) is 129 cm³/mol. The number of carbonyl (C=O) groups is 1. The van der Waals surface area contributed by atoms with Gasteiger partial charge in [0.05, 0.1) is 34.7 Å². The molecule has 0 radical (unpaired) electrons. The number of hydrogen-bond acceptors (Lipinski definition) is 5. The zero-order valence-electron chi connectivity index (χ0n) is 18.7. The van der Waals surface area contributed by atoms with E-state index in [0.29, 0.717) is 12.2 Å². The van der Waals surface area contributed by atoms with Crippen molar-refractivity contribution in [3.8, 4) is 11.4 Å². The molecule has 2 heterocycles. The molecular formula is C24H28N4O3S. The molecule has 0 saturated heterocycles. The van der Waals surface area contributed by atoms with Gasteiger partial charge in [-0.2, -0.15) is 0 Å². The summed E-state index contributed by atoms with van der Waals surface area (Å²) in [7, 11) is 3.09. The first-order valence-electron chi connectivity index (χ1n) is 10.9. The van der Waals surface area contributed by atoms with E-state index in [-0.39, 0.29) is 5.97 Å². The van der Waals surface area contributed by atoms with Crippen LogP contribution in [0.5, 0.6) is 0 Å². The molecule has 0 saturated carbocycles. The lowest BCUT2D eigenvalue weighted by Crippen LogP contribution is -2.04. The highest BCUT2D eigenvalue weighted by Crippen LogP contribution is 2.29. The van der Waals surface area contributed by atoms with Crippen molar-refractivity contribution < 1.29 is 14.3 Å². The molecule has 0 bridgehead atoms. The first kappa shape index (κ1) is 22.2. The van der Waals surface area contributed by atoms with Crippen LogP contribution in [0.15, 0.2) is 36.4 Å². The lowest BCUT2D eigenvalue weighted by Gasteiger charge is -2.10. The number of aryl methyl sites for hydroxylation is 2. The third-order valence-electron chi connectivity index (χ3n) is 5.67. The number of aromatic amines is 1. The number of carbonyl (C=O) groups excluding carboxylic acids is 1. The van der Waals surface area contributed by atoms with Crippen LogP contribution in [0, 0.1) is 4.77 Å². The Labute approximate surface area is 192 Å². The number of methoxy groups -OCH3 is 2. The number of ether oxygens (including phenoxy) is 2. The van der Waals surface area contributed by atoms with Gasteiger partial charge in [0.25, 0.3) is 0 Å². The van der Waals surface area contributed by atoms with Crippen LogP contribution in [-0.4, -0.2) is 45.9 Å². The summed E-state index contributed by atoms with van der Waals surface area (Å²) in [6.07, 6.45) is 3.05. The molecule has 0 aliphatic rings. The van der Waals surface area contributed by atoms with Crippen LogP contribution < -0.4 is 0 Å². The van der Waals surface area contributed by atoms with Crippen LogP contribution >= 0.6 is 12.2 Å². The molecule has 0 aliphatic heterocycles. The summed E-state index contributed by atoms with van der Waals surface area (Å²) in [6.45, 7) is 4.49. The number of unbranched alkanes of at least 4 members (excludes halogenated alkanes) is 1. The summed E-state index contributed by atoms with van der Waals surface area (Å²) < 4.78 is 15.2. The SMILES string of the molecule is CCCCn1c(=S)[nH]c2cc(-c3nc4cc(C(=O)OC)ccc4n3CCCOC)ccc21. The van der Waals surface area contributed by atoms with Gasteiger partial charge in [-0.15, -0.1) is 0 Å². The van der Waals surface area contributed by atoms with Crippen molar-refractivity contribution >= 4 is 40.3 Å². The third-order valence-corrected chi connectivity index (χ3v) is 5.99. The number of aromatic nitrogens is 4. The van der Waals surface area contributed by atoms with Crippen molar-refractivity contribution in [2.24, 2.45) is 0 Å². The molecule has 1 N–H and O–H groups in total. The maximum Gasteiger partial charge on any atom is 0.337 e. The van der Waals surface area contributed by atoms with E-state index >= 15 is 0 Å². The first-order valence-corrected chi connectivity index (χ1v) is 11.3. The van der Waals surface area contributed by atoms with E-state index in [4.69, 9.17) is 26.7 Å². The Morgan fingerprint density at radius 1 is 1.06 bits per heavy atom. The van der Waals surface area contributed by atoms with Gasteiger partial charge in [0.1, 0.15) is 5.82 Å². The predicted octanol–water partition coefficient (Wildman–Crippen LogP) is 5.34. The molecule has 0 unspecified atom stereocenters. The minimum atomic E-state index is -0.371. The fourth-order valence-corrected chi connectivity index (χ4v) is 4.33. The number of imidazole rings is 2. The summed E-state index contributed by atoms with van der Waals surface area (Å²) in [5, 5.41) is 0. The maximum atomic E-state index is 12.0. The molecular weight excluding hydrogens is 424 g/mol. The van der Waals surface area contributed by atoms with Gasteiger partial charge in [0.2, 0.25) is 0 Å². The molecule has 8 heteroatoms. The van der Waals surface area contributed by atoms with Crippen molar-refractivity contribution in [3.63, 3.8) is 0 Å². The second-order valence-corrected chi connectivity index (χ2v) is 8.18. The van der Waals surface area contributed by atoms with Crippen LogP contribution in [0.3, 0.4) is 0 Å². The highest BCUT2D eigenvalue weighted by atomic mass is 32.1. The van der Waals surface area contributed by atoms with Crippen LogP contribution in [0.2, 0.25) is 0 Å². The first-order chi connectivity index (χ1) is 15.6. The van der Waals surface area contributed by atoms with Gasteiger partial charge in [-0.25, -0.2) is 9.78 Å². The molecule has 7 nitrogen and oxygen atoms in total. The van der Waals surface area contributed by atoms with Gasteiger partial charge in [0, 0.05) is 32.4 Å². The lowest BCUT2D eigenvalue weighted by molar-refractivity contribution is 0.0601. The number of nitrogens with zero attached hydrogens (tertiary/aromatic N) is 3. The van der Waals surface area contributed by atoms with Crippen LogP contribution in [0.25, 0.3) is 33.5 Å². The van der Waals surface area contributed by atoms with Crippen LogP contribution in [0.1, 0.15) is 36.5 Å². The van der Waals surface area contributed by atoms with E-state index in [1.165, 1.54) is 7.11 Å². The minimum absolute atomic E-state index is 0.371. The number of rotatable bonds is 9. The fraction of sp³-hybridized carbons (Fsp3) is 0.375. The van der Waals surface area contributed by atoms with Crippen LogP contribution in [0.4, 0.5) is 0 Å². The molecule has 2 aromatic carbocycles. The van der Waals surface area contributed by atoms with E-state index in [9.17, 15) is 4.79 Å². The van der Waals surface area contributed by atoms with Gasteiger partial charge in [-0.1, -0.05) is 13.3 Å². The topological polar surface area (TPSA) is 74.1 Å². The molecule has 0 atom stereocenters. The Balaban J connectivity index is 1.82. The van der Waals surface area contributed by atoms with Crippen LogP contribution in [-0.2, 0) is 22.6 Å². The smallest absolute Gasteiger partial charge is 0.337 e. The fourth-order valence-electron chi connectivity index (χ4n) is 4.03. The number of hydrogen-bond donors (Lipinski definition) is 1. The van der Waals surface area contributed by atoms with E-state index in [1.54, 1.807) is 19.2 Å². The number of benzene rings is 2. The zero-order valence-corrected chi connectivity index (χ0v) is 19.5. The number of nitrogens with one attached hydrogen (secondary N) is 1. The van der Waals surface area contributed by atoms with Crippen molar-refractivity contribution in [3.05, 3.63) is 46.7 Å². The molecule has 168 valence electrons. The van der Waals surface area contributed by atoms with Gasteiger partial charge in [-0.3, -0.25) is 0 Å². The molecule has 0 aliphatic carbocycles. The summed E-state index contributed by atoms with van der Waals surface area (Å²) >= 11 is 5.55. The van der Waals surface area contributed by atoms with Crippen molar-refractivity contribution in [1.29, 1.82) is 0 Å². The molecule has 4 rings (SSSR count). The van der Waals surface area contributed by atoms with E-state index in [0.717, 1.165) is 70.6 Å². The summed E-state index contributed by atoms with van der Waals surface area (Å²) in [5.74, 6) is 0.477. The van der Waals surface area contributed by atoms with E-state index < -0.39 is 0 Å². The minimum Gasteiger partial charge on any atom is -0.465 e. The summed E-state index contributed by atoms with van der Waals surface area (Å²) in [6, 6.07) is 11.8. The van der Waals surface area contributed by atoms with Crippen molar-refractivity contribution in [1.82, 2.24) is 19.1 Å². The number of esters is 1. The average molecular weight is 453 g/mol. The average Bonchev–Trinajstić information content (AvgIpc) is 3.33. The summed E-state index contributed by atoms with van der Waals surface area (Å²) in [5.41, 5.74) is 5.30. The maximum absolute atomic E-state index is 12.0. The zero-order chi connectivity index (χ0) is 22.7. The molecule has 32 heavy (non-hydrogen) atoms. The van der Waals surface area contributed by atoms with Gasteiger partial charge < -0.3 is 23.6 Å². The van der Waals surface area contributed by atoms with Gasteiger partial charge in [0.15, 0.2) is 4.77 Å². The highest BCUT2D eigenvalue weighted by molar-refractivity contribution is 7.71. The molecule has 0 amide bonds. The monoisotopic (exact) mass is 452 g/mol. The van der Waals surface area contributed by atoms with Crippen molar-refractivity contribution in [2.75, 3.05) is 20.8 Å². The largest absolute Gasteiger partial charge is 0.465 e. The third kappa shape index (κ3) is 4.20. The highest BCUT2D eigenvalue weighted by Gasteiger charge is 2.16. The standard InChI is InChI=1S/C24H28N4O3S/c1-4-5-11-28-21-9-7-16(14-19(21)26-24(28)32)22-25-18-15-17(23(29)31-3)8-10-20(18)27(22)12-6-13-30-2/h7-10,14-15H,4-6,11-13H2,1-3H3,(H,26,32). The summed E-state index contributed by atoms with van der Waals surface area (Å²) in [4.78, 5) is 20.2. The van der Waals surface area contributed by atoms with Gasteiger partial charge in [-0.05, 0) is 61.5 Å². The molecule has 2 aromatic heterocycles. The van der Waals surface area contributed by atoms with Gasteiger partial charge >= 0.3 is 5.97 Å². The number of H-pyrrole nitrogens is 1.